The minimum absolute atomic E-state index is 0.0452. The highest BCUT2D eigenvalue weighted by molar-refractivity contribution is 6.36. The van der Waals surface area contributed by atoms with E-state index in [1.54, 1.807) is 13.3 Å². The Balaban J connectivity index is 1.31. The molecule has 1 aromatic carbocycles. The molecule has 0 amide bonds. The van der Waals surface area contributed by atoms with Gasteiger partial charge in [-0.2, -0.15) is 9.97 Å². The smallest absolute Gasteiger partial charge is 0.231 e. The second-order valence-electron chi connectivity index (χ2n) is 10.8. The molecule has 1 unspecified atom stereocenters. The Morgan fingerprint density at radius 3 is 2.60 bits per heavy atom. The molecule has 2 aliphatic rings. The molecule has 2 aromatic heterocycles. The van der Waals surface area contributed by atoms with Gasteiger partial charge in [0, 0.05) is 38.4 Å². The number of H-pyrrole nitrogens is 1. The summed E-state index contributed by atoms with van der Waals surface area (Å²) in [5.41, 5.74) is 2.00. The molecule has 0 radical (unpaired) electrons. The van der Waals surface area contributed by atoms with Crippen LogP contribution in [0.5, 0.6) is 5.75 Å². The normalized spacial score (nSPS) is 19.2. The van der Waals surface area contributed by atoms with E-state index in [1.807, 2.05) is 32.0 Å². The SMILES string of the molecule is COc1cc(C(O)N2CCC(N3CCOCC3)CC2)ccc1Nc1nc(N[C@@H](CO)C(C)C)c2c(Cl)c[nH]c2n1. The highest BCUT2D eigenvalue weighted by Gasteiger charge is 2.29. The predicted octanol–water partition coefficient (Wildman–Crippen LogP) is 3.58. The molecule has 12 heteroatoms. The summed E-state index contributed by atoms with van der Waals surface area (Å²) in [4.78, 5) is 17.0. The van der Waals surface area contributed by atoms with Crippen molar-refractivity contribution in [3.63, 3.8) is 0 Å². The third kappa shape index (κ3) is 6.29. The van der Waals surface area contributed by atoms with Gasteiger partial charge in [-0.1, -0.05) is 31.5 Å². The standard InChI is InChI=1S/C28H40ClN7O4/c1-17(2)22(16-37)31-26-24-20(29)15-30-25(24)33-28(34-26)32-21-5-4-18(14-23(21)39-3)27(38)36-8-6-19(7-9-36)35-10-12-40-13-11-35/h4-5,14-15,17,19,22,27,37-38H,6-13,16H2,1-3H3,(H3,30,31,32,33,34)/t22-,27?/m0/s1. The molecule has 11 nitrogen and oxygen atoms in total. The zero-order chi connectivity index (χ0) is 28.2. The molecule has 5 N–H and O–H groups in total. The van der Waals surface area contributed by atoms with E-state index < -0.39 is 6.23 Å². The summed E-state index contributed by atoms with van der Waals surface area (Å²) in [6.45, 7) is 9.26. The number of benzene rings is 1. The molecule has 2 aliphatic heterocycles. The Hall–Kier alpha value is -2.67. The highest BCUT2D eigenvalue weighted by atomic mass is 35.5. The number of hydrogen-bond acceptors (Lipinski definition) is 10. The molecule has 0 bridgehead atoms. The monoisotopic (exact) mass is 573 g/mol. The van der Waals surface area contributed by atoms with Crippen LogP contribution in [0.3, 0.4) is 0 Å². The molecular weight excluding hydrogens is 534 g/mol. The van der Waals surface area contributed by atoms with E-state index >= 15 is 0 Å². The quantitative estimate of drug-likeness (QED) is 0.245. The van der Waals surface area contributed by atoms with Crippen LogP contribution in [0.1, 0.15) is 38.5 Å². The van der Waals surface area contributed by atoms with E-state index in [0.717, 1.165) is 57.8 Å². The lowest BCUT2D eigenvalue weighted by Crippen LogP contribution is -2.49. The summed E-state index contributed by atoms with van der Waals surface area (Å²) in [6, 6.07) is 5.96. The molecule has 2 saturated heterocycles. The number of hydrogen-bond donors (Lipinski definition) is 5. The fraction of sp³-hybridized carbons (Fsp3) is 0.571. The maximum atomic E-state index is 11.2. The second kappa shape index (κ2) is 12.9. The van der Waals surface area contributed by atoms with Gasteiger partial charge in [0.05, 0.1) is 49.1 Å². The van der Waals surface area contributed by atoms with Crippen LogP contribution in [0.15, 0.2) is 24.4 Å². The van der Waals surface area contributed by atoms with Gasteiger partial charge in [0.15, 0.2) is 0 Å². The lowest BCUT2D eigenvalue weighted by atomic mass is 10.0. The maximum absolute atomic E-state index is 11.2. The molecule has 4 heterocycles. The zero-order valence-electron chi connectivity index (χ0n) is 23.4. The molecule has 0 saturated carbocycles. The number of anilines is 3. The van der Waals surface area contributed by atoms with Crippen molar-refractivity contribution in [1.82, 2.24) is 24.8 Å². The number of aromatic nitrogens is 3. The van der Waals surface area contributed by atoms with E-state index in [-0.39, 0.29) is 18.6 Å². The number of fused-ring (bicyclic) bond motifs is 1. The first kappa shape index (κ1) is 28.8. The average molecular weight is 574 g/mol. The van der Waals surface area contributed by atoms with Crippen molar-refractivity contribution < 1.29 is 19.7 Å². The third-order valence-electron chi connectivity index (χ3n) is 7.98. The first-order valence-electron chi connectivity index (χ1n) is 14.0. The van der Waals surface area contributed by atoms with Crippen LogP contribution >= 0.6 is 11.6 Å². The number of methoxy groups -OCH3 is 1. The molecule has 2 fully saturated rings. The number of likely N-dealkylation sites (tertiary alicyclic amines) is 1. The van der Waals surface area contributed by atoms with Crippen molar-refractivity contribution in [3.8, 4) is 5.75 Å². The number of aliphatic hydroxyl groups excluding tert-OH is 2. The second-order valence-corrected chi connectivity index (χ2v) is 11.2. The summed E-state index contributed by atoms with van der Waals surface area (Å²) in [6.07, 6.45) is 3.01. The Morgan fingerprint density at radius 2 is 1.93 bits per heavy atom. The molecule has 0 spiro atoms. The molecule has 2 atom stereocenters. The van der Waals surface area contributed by atoms with E-state index in [0.29, 0.717) is 45.3 Å². The van der Waals surface area contributed by atoms with Crippen LogP contribution in [-0.4, -0.2) is 100 Å². The van der Waals surface area contributed by atoms with Crippen molar-refractivity contribution in [3.05, 3.63) is 35.0 Å². The van der Waals surface area contributed by atoms with Crippen molar-refractivity contribution >= 4 is 40.1 Å². The van der Waals surface area contributed by atoms with E-state index in [1.165, 1.54) is 0 Å². The fourth-order valence-electron chi connectivity index (χ4n) is 5.50. The largest absolute Gasteiger partial charge is 0.495 e. The number of morpholine rings is 1. The Labute approximate surface area is 239 Å². The molecule has 218 valence electrons. The molecule has 0 aliphatic carbocycles. The van der Waals surface area contributed by atoms with Gasteiger partial charge in [-0.15, -0.1) is 0 Å². The van der Waals surface area contributed by atoms with Gasteiger partial charge >= 0.3 is 0 Å². The number of halogens is 1. The van der Waals surface area contributed by atoms with Gasteiger partial charge in [-0.25, -0.2) is 0 Å². The van der Waals surface area contributed by atoms with Crippen LogP contribution in [-0.2, 0) is 4.74 Å². The summed E-state index contributed by atoms with van der Waals surface area (Å²) >= 11 is 6.41. The van der Waals surface area contributed by atoms with Crippen LogP contribution in [0.25, 0.3) is 11.0 Å². The first-order valence-corrected chi connectivity index (χ1v) is 14.4. The minimum Gasteiger partial charge on any atom is -0.495 e. The van der Waals surface area contributed by atoms with E-state index in [4.69, 9.17) is 21.1 Å². The molecule has 3 aromatic rings. The van der Waals surface area contributed by atoms with Crippen LogP contribution in [0.4, 0.5) is 17.5 Å². The van der Waals surface area contributed by atoms with Gasteiger partial charge in [0.2, 0.25) is 5.95 Å². The summed E-state index contributed by atoms with van der Waals surface area (Å²) in [5, 5.41) is 28.8. The number of aliphatic hydroxyl groups is 2. The highest BCUT2D eigenvalue weighted by Crippen LogP contribution is 2.35. The first-order chi connectivity index (χ1) is 19.4. The van der Waals surface area contributed by atoms with Crippen molar-refractivity contribution in [1.29, 1.82) is 0 Å². The zero-order valence-corrected chi connectivity index (χ0v) is 24.1. The number of piperidine rings is 1. The topological polar surface area (TPSA) is 131 Å². The fourth-order valence-corrected chi connectivity index (χ4v) is 5.73. The lowest BCUT2D eigenvalue weighted by Gasteiger charge is -2.41. The average Bonchev–Trinajstić information content (AvgIpc) is 3.36. The third-order valence-corrected chi connectivity index (χ3v) is 8.28. The van der Waals surface area contributed by atoms with Gasteiger partial charge in [0.1, 0.15) is 23.4 Å². The summed E-state index contributed by atoms with van der Waals surface area (Å²) in [5.74, 6) is 1.61. The summed E-state index contributed by atoms with van der Waals surface area (Å²) < 4.78 is 11.2. The predicted molar refractivity (Wildman–Crippen MR) is 156 cm³/mol. The number of rotatable bonds is 10. The maximum Gasteiger partial charge on any atom is 0.231 e. The van der Waals surface area contributed by atoms with E-state index in [9.17, 15) is 10.2 Å². The Bertz CT molecular complexity index is 1280. The van der Waals surface area contributed by atoms with E-state index in [2.05, 4.69) is 35.4 Å². The van der Waals surface area contributed by atoms with Gasteiger partial charge in [-0.3, -0.25) is 9.80 Å². The number of nitrogens with one attached hydrogen (secondary N) is 3. The van der Waals surface area contributed by atoms with Crippen LogP contribution in [0.2, 0.25) is 5.02 Å². The number of nitrogens with zero attached hydrogens (tertiary/aromatic N) is 4. The van der Waals surface area contributed by atoms with Crippen molar-refractivity contribution in [2.75, 3.05) is 63.7 Å². The molecule has 40 heavy (non-hydrogen) atoms. The number of ether oxygens (including phenoxy) is 2. The van der Waals surface area contributed by atoms with Crippen LogP contribution in [0, 0.1) is 5.92 Å². The van der Waals surface area contributed by atoms with Crippen molar-refractivity contribution in [2.24, 2.45) is 5.92 Å². The van der Waals surface area contributed by atoms with Gasteiger partial charge in [0.25, 0.3) is 0 Å². The molecular formula is C28H40ClN7O4. The number of aromatic amines is 1. The Kier molecular flexibility index (Phi) is 9.29. The van der Waals surface area contributed by atoms with Crippen molar-refractivity contribution in [2.45, 2.75) is 45.0 Å². The van der Waals surface area contributed by atoms with Gasteiger partial charge < -0.3 is 35.3 Å². The Morgan fingerprint density at radius 1 is 1.18 bits per heavy atom. The van der Waals surface area contributed by atoms with Gasteiger partial charge in [-0.05, 0) is 36.5 Å². The molecule has 5 rings (SSSR count). The lowest BCUT2D eigenvalue weighted by molar-refractivity contribution is -0.0423. The van der Waals surface area contributed by atoms with Crippen LogP contribution < -0.4 is 15.4 Å². The minimum atomic E-state index is -0.718. The summed E-state index contributed by atoms with van der Waals surface area (Å²) in [7, 11) is 1.60.